The van der Waals surface area contributed by atoms with Gasteiger partial charge in [0.2, 0.25) is 0 Å². The number of rotatable bonds is 4. The molecule has 0 unspecified atom stereocenters. The lowest BCUT2D eigenvalue weighted by atomic mass is 9.94. The Morgan fingerprint density at radius 3 is 3.16 bits per heavy atom. The number of carbonyl (C=O) groups excluding carboxylic acids is 1. The van der Waals surface area contributed by atoms with Crippen molar-refractivity contribution in [1.82, 2.24) is 19.7 Å². The Balaban J connectivity index is 1.50. The number of carbonyl (C=O) groups is 1. The molecule has 25 heavy (non-hydrogen) atoms. The molecule has 1 atom stereocenters. The smallest absolute Gasteiger partial charge is 0.253 e. The summed E-state index contributed by atoms with van der Waals surface area (Å²) in [5, 5.41) is 13.6. The fourth-order valence-electron chi connectivity index (χ4n) is 3.40. The molecule has 3 aromatic rings. The van der Waals surface area contributed by atoms with Crippen LogP contribution in [0.2, 0.25) is 0 Å². The Morgan fingerprint density at radius 2 is 2.28 bits per heavy atom. The van der Waals surface area contributed by atoms with Gasteiger partial charge in [0.1, 0.15) is 0 Å². The number of likely N-dealkylation sites (tertiary alicyclic amines) is 1. The largest absolute Gasteiger partial charge is 0.394 e. The van der Waals surface area contributed by atoms with Crippen LogP contribution in [-0.2, 0) is 6.54 Å². The van der Waals surface area contributed by atoms with Crippen molar-refractivity contribution in [1.29, 1.82) is 0 Å². The fourth-order valence-corrected chi connectivity index (χ4v) is 4.11. The average molecular weight is 356 g/mol. The normalized spacial score (nSPS) is 18.0. The number of aliphatic hydroxyl groups excluding tert-OH is 1. The van der Waals surface area contributed by atoms with Crippen molar-refractivity contribution in [3.63, 3.8) is 0 Å². The number of nitrogens with zero attached hydrogens (tertiary/aromatic N) is 4. The van der Waals surface area contributed by atoms with E-state index in [1.54, 1.807) is 21.5 Å². The molecular weight excluding hydrogens is 336 g/mol. The van der Waals surface area contributed by atoms with Crippen LogP contribution in [0.5, 0.6) is 0 Å². The van der Waals surface area contributed by atoms with Crippen LogP contribution in [-0.4, -0.2) is 50.4 Å². The van der Waals surface area contributed by atoms with Crippen LogP contribution in [0, 0.1) is 0 Å². The van der Waals surface area contributed by atoms with Crippen molar-refractivity contribution in [2.24, 2.45) is 0 Å². The van der Waals surface area contributed by atoms with E-state index in [1.165, 1.54) is 0 Å². The molecule has 1 amide bonds. The lowest BCUT2D eigenvalue weighted by Gasteiger charge is -2.32. The Morgan fingerprint density at radius 1 is 1.36 bits per heavy atom. The molecular formula is C18H20N4O2S. The van der Waals surface area contributed by atoms with E-state index in [0.717, 1.165) is 40.9 Å². The van der Waals surface area contributed by atoms with E-state index < -0.39 is 0 Å². The monoisotopic (exact) mass is 356 g/mol. The van der Waals surface area contributed by atoms with Crippen molar-refractivity contribution in [2.75, 3.05) is 19.7 Å². The molecule has 0 bridgehead atoms. The summed E-state index contributed by atoms with van der Waals surface area (Å²) in [6.45, 7) is 2.06. The second-order valence-electron chi connectivity index (χ2n) is 6.35. The number of hydrogen-bond donors (Lipinski definition) is 1. The Bertz CT molecular complexity index is 888. The maximum atomic E-state index is 12.9. The summed E-state index contributed by atoms with van der Waals surface area (Å²) in [5.74, 6) is 0.333. The van der Waals surface area contributed by atoms with E-state index in [9.17, 15) is 4.79 Å². The molecule has 1 aromatic carbocycles. The first-order valence-corrected chi connectivity index (χ1v) is 9.39. The summed E-state index contributed by atoms with van der Waals surface area (Å²) in [4.78, 5) is 19.1. The van der Waals surface area contributed by atoms with Gasteiger partial charge in [0.05, 0.1) is 34.6 Å². The van der Waals surface area contributed by atoms with Gasteiger partial charge >= 0.3 is 0 Å². The molecule has 1 N–H and O–H groups in total. The topological polar surface area (TPSA) is 71.2 Å². The zero-order valence-electron chi connectivity index (χ0n) is 13.8. The lowest BCUT2D eigenvalue weighted by Crippen LogP contribution is -2.39. The van der Waals surface area contributed by atoms with Gasteiger partial charge in [-0.15, -0.1) is 11.3 Å². The van der Waals surface area contributed by atoms with Gasteiger partial charge in [-0.25, -0.2) is 4.98 Å². The first kappa shape index (κ1) is 16.2. The average Bonchev–Trinajstić information content (AvgIpc) is 3.30. The van der Waals surface area contributed by atoms with Crippen molar-refractivity contribution in [3.8, 4) is 0 Å². The number of amides is 1. The minimum absolute atomic E-state index is 0.0785. The highest BCUT2D eigenvalue weighted by Gasteiger charge is 2.27. The molecule has 1 fully saturated rings. The quantitative estimate of drug-likeness (QED) is 0.780. The third-order valence-corrected chi connectivity index (χ3v) is 5.49. The number of benzene rings is 1. The van der Waals surface area contributed by atoms with Crippen LogP contribution in [0.4, 0.5) is 0 Å². The number of aromatic nitrogens is 3. The van der Waals surface area contributed by atoms with E-state index in [4.69, 9.17) is 5.11 Å². The van der Waals surface area contributed by atoms with Gasteiger partial charge < -0.3 is 10.0 Å². The molecule has 2 aromatic heterocycles. The molecule has 4 rings (SSSR count). The highest BCUT2D eigenvalue weighted by Crippen LogP contribution is 2.27. The number of aliphatic hydroxyl groups is 1. The summed E-state index contributed by atoms with van der Waals surface area (Å²) >= 11 is 1.56. The molecule has 0 saturated carbocycles. The van der Waals surface area contributed by atoms with Crippen LogP contribution < -0.4 is 0 Å². The second kappa shape index (κ2) is 6.93. The van der Waals surface area contributed by atoms with Crippen LogP contribution in [0.25, 0.3) is 10.2 Å². The summed E-state index contributed by atoms with van der Waals surface area (Å²) in [6.07, 6.45) is 3.91. The minimum Gasteiger partial charge on any atom is -0.394 e. The predicted octanol–water partition coefficient (Wildman–Crippen LogP) is 2.50. The highest BCUT2D eigenvalue weighted by atomic mass is 32.1. The Hall–Kier alpha value is -2.25. The number of piperidine rings is 1. The molecule has 130 valence electrons. The zero-order chi connectivity index (χ0) is 17.2. The Labute approximate surface area is 149 Å². The van der Waals surface area contributed by atoms with E-state index in [0.29, 0.717) is 13.1 Å². The molecule has 1 saturated heterocycles. The van der Waals surface area contributed by atoms with Gasteiger partial charge in [-0.1, -0.05) is 0 Å². The van der Waals surface area contributed by atoms with Crippen molar-refractivity contribution < 1.29 is 9.90 Å². The van der Waals surface area contributed by atoms with Crippen LogP contribution in [0.3, 0.4) is 0 Å². The van der Waals surface area contributed by atoms with Gasteiger partial charge in [0.25, 0.3) is 5.91 Å². The Kier molecular flexibility index (Phi) is 4.50. The molecule has 0 spiro atoms. The molecule has 0 radical (unpaired) electrons. The van der Waals surface area contributed by atoms with Crippen molar-refractivity contribution in [3.05, 3.63) is 47.2 Å². The van der Waals surface area contributed by atoms with E-state index in [2.05, 4.69) is 10.1 Å². The SMILES string of the molecule is O=C(c1ccc2ncsc2c1)N1CCC[C@H](c2ccn(CCO)n2)C1. The standard InChI is InChI=1S/C18H20N4O2S/c23-9-8-22-7-5-15(20-22)14-2-1-6-21(11-14)18(24)13-3-4-16-17(10-13)25-12-19-16/h3-5,7,10,12,14,23H,1-2,6,8-9,11H2/t14-/m0/s1. The summed E-state index contributed by atoms with van der Waals surface area (Å²) in [5.41, 5.74) is 4.47. The van der Waals surface area contributed by atoms with Gasteiger partial charge in [-0.3, -0.25) is 9.48 Å². The van der Waals surface area contributed by atoms with Gasteiger partial charge in [-0.2, -0.15) is 5.10 Å². The van der Waals surface area contributed by atoms with E-state index in [-0.39, 0.29) is 18.4 Å². The molecule has 6 nitrogen and oxygen atoms in total. The predicted molar refractivity (Wildman–Crippen MR) is 96.8 cm³/mol. The number of thiazole rings is 1. The maximum absolute atomic E-state index is 12.9. The van der Waals surface area contributed by atoms with Crippen LogP contribution >= 0.6 is 11.3 Å². The minimum atomic E-state index is 0.0785. The third kappa shape index (κ3) is 3.29. The maximum Gasteiger partial charge on any atom is 0.253 e. The number of fused-ring (bicyclic) bond motifs is 1. The van der Waals surface area contributed by atoms with Gasteiger partial charge in [-0.05, 0) is 37.1 Å². The third-order valence-electron chi connectivity index (χ3n) is 4.70. The molecule has 3 heterocycles. The van der Waals surface area contributed by atoms with E-state index in [1.807, 2.05) is 35.4 Å². The zero-order valence-corrected chi connectivity index (χ0v) is 14.7. The lowest BCUT2D eigenvalue weighted by molar-refractivity contribution is 0.0706. The first-order valence-electron chi connectivity index (χ1n) is 8.51. The fraction of sp³-hybridized carbons (Fsp3) is 0.389. The summed E-state index contributed by atoms with van der Waals surface area (Å²) in [6, 6.07) is 7.72. The molecule has 1 aliphatic rings. The molecule has 1 aliphatic heterocycles. The second-order valence-corrected chi connectivity index (χ2v) is 7.24. The van der Waals surface area contributed by atoms with Crippen LogP contribution in [0.15, 0.2) is 36.0 Å². The van der Waals surface area contributed by atoms with Gasteiger partial charge in [0.15, 0.2) is 0 Å². The summed E-state index contributed by atoms with van der Waals surface area (Å²) < 4.78 is 2.80. The van der Waals surface area contributed by atoms with Crippen molar-refractivity contribution >= 4 is 27.5 Å². The first-order chi connectivity index (χ1) is 12.2. The van der Waals surface area contributed by atoms with E-state index >= 15 is 0 Å². The van der Waals surface area contributed by atoms with Gasteiger partial charge in [0, 0.05) is 30.8 Å². The summed E-state index contributed by atoms with van der Waals surface area (Å²) in [7, 11) is 0. The number of hydrogen-bond acceptors (Lipinski definition) is 5. The molecule has 0 aliphatic carbocycles. The molecule has 7 heteroatoms. The van der Waals surface area contributed by atoms with Crippen molar-refractivity contribution in [2.45, 2.75) is 25.3 Å². The highest BCUT2D eigenvalue weighted by molar-refractivity contribution is 7.16. The van der Waals surface area contributed by atoms with Crippen LogP contribution in [0.1, 0.15) is 34.8 Å².